The molecular weight excluding hydrogens is 180 g/mol. The molecule has 0 aromatic rings. The quantitative estimate of drug-likeness (QED) is 0.303. The molecule has 0 spiro atoms. The lowest BCUT2D eigenvalue weighted by molar-refractivity contribution is 0.172. The predicted molar refractivity (Wildman–Crippen MR) is 51.0 cm³/mol. The van der Waals surface area contributed by atoms with Crippen LogP contribution in [0.15, 0.2) is 0 Å². The fourth-order valence-electron chi connectivity index (χ4n) is 0.723. The molecule has 0 radical (unpaired) electrons. The topological polar surface area (TPSA) is 26.3 Å². The van der Waals surface area contributed by atoms with Crippen LogP contribution in [-0.2, 0) is 17.4 Å². The summed E-state index contributed by atoms with van der Waals surface area (Å²) in [6, 6.07) is 0. The van der Waals surface area contributed by atoms with E-state index in [4.69, 9.17) is 0 Å². The van der Waals surface area contributed by atoms with Crippen molar-refractivity contribution in [2.24, 2.45) is 0 Å². The second kappa shape index (κ2) is 8.14. The first-order valence-electron chi connectivity index (χ1n) is 3.72. The molecule has 0 heterocycles. The van der Waals surface area contributed by atoms with E-state index in [-0.39, 0.29) is 0 Å². The van der Waals surface area contributed by atoms with Gasteiger partial charge in [-0.05, 0) is 18.6 Å². The van der Waals surface area contributed by atoms with Crippen molar-refractivity contribution in [3.05, 3.63) is 0 Å². The summed E-state index contributed by atoms with van der Waals surface area (Å²) in [5.74, 6) is 0.931. The lowest BCUT2D eigenvalue weighted by atomic mass is 10.2. The third-order valence-corrected chi connectivity index (χ3v) is 1.71. The van der Waals surface area contributed by atoms with Crippen LogP contribution in [0.2, 0.25) is 0 Å². The van der Waals surface area contributed by atoms with Crippen LogP contribution in [0.4, 0.5) is 4.79 Å². The van der Waals surface area contributed by atoms with Gasteiger partial charge >= 0.3 is 0 Å². The van der Waals surface area contributed by atoms with Crippen LogP contribution in [0.3, 0.4) is 0 Å². The SMILES string of the molecule is O=C([S-])OCCCCCCS. The van der Waals surface area contributed by atoms with E-state index in [9.17, 15) is 4.79 Å². The minimum absolute atomic E-state index is 0.467. The molecule has 0 rings (SSSR count). The van der Waals surface area contributed by atoms with Crippen molar-refractivity contribution in [3.8, 4) is 0 Å². The number of hydrogen-bond donors (Lipinski definition) is 1. The highest BCUT2D eigenvalue weighted by atomic mass is 32.1. The van der Waals surface area contributed by atoms with E-state index in [2.05, 4.69) is 30.0 Å². The molecule has 0 aliphatic rings. The monoisotopic (exact) mass is 193 g/mol. The van der Waals surface area contributed by atoms with Crippen molar-refractivity contribution in [2.45, 2.75) is 25.7 Å². The minimum atomic E-state index is -0.598. The van der Waals surface area contributed by atoms with Crippen LogP contribution >= 0.6 is 12.6 Å². The Hall–Kier alpha value is 0.0400. The van der Waals surface area contributed by atoms with E-state index < -0.39 is 5.30 Å². The van der Waals surface area contributed by atoms with Gasteiger partial charge in [-0.25, -0.2) is 0 Å². The van der Waals surface area contributed by atoms with Crippen LogP contribution in [0.1, 0.15) is 25.7 Å². The van der Waals surface area contributed by atoms with Crippen LogP contribution < -0.4 is 0 Å². The molecule has 0 N–H and O–H groups in total. The van der Waals surface area contributed by atoms with E-state index in [1.165, 1.54) is 0 Å². The Morgan fingerprint density at radius 2 is 1.91 bits per heavy atom. The first kappa shape index (κ1) is 11.0. The Balaban J connectivity index is 2.85. The second-order valence-electron chi connectivity index (χ2n) is 2.24. The van der Waals surface area contributed by atoms with E-state index in [1.807, 2.05) is 0 Å². The molecule has 0 aromatic carbocycles. The molecular formula is C7H13O2S2-. The molecule has 11 heavy (non-hydrogen) atoms. The number of thiol groups is 1. The van der Waals surface area contributed by atoms with Gasteiger partial charge in [0.05, 0.1) is 6.61 Å². The number of carbonyl (C=O) groups excluding carboxylic acids is 1. The van der Waals surface area contributed by atoms with Gasteiger partial charge in [-0.3, -0.25) is 4.79 Å². The second-order valence-corrected chi connectivity index (χ2v) is 3.02. The summed E-state index contributed by atoms with van der Waals surface area (Å²) < 4.78 is 4.58. The van der Waals surface area contributed by atoms with E-state index >= 15 is 0 Å². The molecule has 0 aliphatic carbocycles. The lowest BCUT2D eigenvalue weighted by Gasteiger charge is -2.06. The van der Waals surface area contributed by atoms with Crippen molar-refractivity contribution < 1.29 is 9.53 Å². The molecule has 0 fully saturated rings. The fourth-order valence-corrected chi connectivity index (χ4v) is 1.03. The van der Waals surface area contributed by atoms with Gasteiger partial charge in [0.2, 0.25) is 0 Å². The normalized spacial score (nSPS) is 9.55. The van der Waals surface area contributed by atoms with Crippen molar-refractivity contribution >= 4 is 30.6 Å². The largest absolute Gasteiger partial charge is 0.698 e. The van der Waals surface area contributed by atoms with Crippen LogP contribution in [0.5, 0.6) is 0 Å². The maximum Gasteiger partial charge on any atom is 0.184 e. The highest BCUT2D eigenvalue weighted by Gasteiger charge is 1.88. The number of rotatable bonds is 6. The molecule has 66 valence electrons. The summed E-state index contributed by atoms with van der Waals surface area (Å²) >= 11 is 8.28. The standard InChI is InChI=1S/C7H14O2S2/c8-7(11)9-5-3-1-2-4-6-10/h10H,1-6H2,(H,8,11)/p-1. The first-order chi connectivity index (χ1) is 5.27. The third-order valence-electron chi connectivity index (χ3n) is 1.27. The van der Waals surface area contributed by atoms with Crippen LogP contribution in [0.25, 0.3) is 0 Å². The molecule has 0 aromatic heterocycles. The molecule has 4 heteroatoms. The van der Waals surface area contributed by atoms with E-state index in [0.717, 1.165) is 31.4 Å². The summed E-state index contributed by atoms with van der Waals surface area (Å²) in [7, 11) is 0. The number of carbonyl (C=O) groups is 1. The maximum atomic E-state index is 10.1. The zero-order valence-corrected chi connectivity index (χ0v) is 8.13. The fraction of sp³-hybridized carbons (Fsp3) is 0.857. The van der Waals surface area contributed by atoms with Gasteiger partial charge in [-0.2, -0.15) is 12.6 Å². The molecule has 0 saturated carbocycles. The van der Waals surface area contributed by atoms with Crippen molar-refractivity contribution in [3.63, 3.8) is 0 Å². The molecule has 0 amide bonds. The molecule has 0 aliphatic heterocycles. The van der Waals surface area contributed by atoms with Crippen molar-refractivity contribution in [2.75, 3.05) is 12.4 Å². The Bertz CT molecular complexity index is 107. The molecule has 0 saturated heterocycles. The van der Waals surface area contributed by atoms with Gasteiger partial charge in [0, 0.05) is 0 Å². The molecule has 0 bridgehead atoms. The van der Waals surface area contributed by atoms with Crippen molar-refractivity contribution in [1.29, 1.82) is 0 Å². The van der Waals surface area contributed by atoms with Gasteiger partial charge in [0.1, 0.15) is 0 Å². The van der Waals surface area contributed by atoms with Gasteiger partial charge in [0.15, 0.2) is 5.30 Å². The number of hydrogen-bond acceptors (Lipinski definition) is 4. The lowest BCUT2D eigenvalue weighted by Crippen LogP contribution is -1.99. The van der Waals surface area contributed by atoms with E-state index in [0.29, 0.717) is 6.61 Å². The average molecular weight is 193 g/mol. The Morgan fingerprint density at radius 3 is 2.45 bits per heavy atom. The summed E-state index contributed by atoms with van der Waals surface area (Å²) in [4.78, 5) is 10.1. The molecule has 2 nitrogen and oxygen atoms in total. The highest BCUT2D eigenvalue weighted by molar-refractivity contribution is 7.80. The summed E-state index contributed by atoms with van der Waals surface area (Å²) in [5.41, 5.74) is 0. The third kappa shape index (κ3) is 10.0. The molecule has 0 atom stereocenters. The van der Waals surface area contributed by atoms with Gasteiger partial charge in [0.25, 0.3) is 0 Å². The van der Waals surface area contributed by atoms with E-state index in [1.54, 1.807) is 0 Å². The van der Waals surface area contributed by atoms with Gasteiger partial charge < -0.3 is 17.4 Å². The first-order valence-corrected chi connectivity index (χ1v) is 4.76. The van der Waals surface area contributed by atoms with Gasteiger partial charge in [-0.15, -0.1) is 0 Å². The highest BCUT2D eigenvalue weighted by Crippen LogP contribution is 2.00. The molecule has 0 unspecified atom stereocenters. The number of unbranched alkanes of at least 4 members (excludes halogenated alkanes) is 3. The Morgan fingerprint density at radius 1 is 1.27 bits per heavy atom. The Kier molecular flexibility index (Phi) is 8.17. The Labute approximate surface area is 78.5 Å². The number of ether oxygens (including phenoxy) is 1. The predicted octanol–water partition coefficient (Wildman–Crippen LogP) is 2.16. The zero-order valence-electron chi connectivity index (χ0n) is 6.41. The van der Waals surface area contributed by atoms with Crippen molar-refractivity contribution in [1.82, 2.24) is 0 Å². The maximum absolute atomic E-state index is 10.1. The van der Waals surface area contributed by atoms with Crippen LogP contribution in [0, 0.1) is 0 Å². The smallest absolute Gasteiger partial charge is 0.184 e. The van der Waals surface area contributed by atoms with Crippen LogP contribution in [-0.4, -0.2) is 17.7 Å². The average Bonchev–Trinajstić information content (AvgIpc) is 1.96. The zero-order chi connectivity index (χ0) is 8.53. The summed E-state index contributed by atoms with van der Waals surface area (Å²) in [6.45, 7) is 0.467. The summed E-state index contributed by atoms with van der Waals surface area (Å²) in [6.07, 6.45) is 4.28. The van der Waals surface area contributed by atoms with Gasteiger partial charge in [-0.1, -0.05) is 12.8 Å². The minimum Gasteiger partial charge on any atom is -0.698 e. The summed E-state index contributed by atoms with van der Waals surface area (Å²) in [5, 5.41) is -0.598.